The number of carbonyl (C=O) groups is 2. The zero-order chi connectivity index (χ0) is 16.4. The second kappa shape index (κ2) is 6.11. The predicted octanol–water partition coefficient (Wildman–Crippen LogP) is 2.05. The first-order valence-corrected chi connectivity index (χ1v) is 5.92. The quantitative estimate of drug-likeness (QED) is 0.869. The SMILES string of the molecule is CC(NC(=O)c1ccc(F)c(C(F)(F)F)c1)C(=O)N(C)C. The highest BCUT2D eigenvalue weighted by Crippen LogP contribution is 2.31. The van der Waals surface area contributed by atoms with Gasteiger partial charge in [-0.1, -0.05) is 0 Å². The first-order chi connectivity index (χ1) is 9.54. The molecule has 8 heteroatoms. The van der Waals surface area contributed by atoms with Gasteiger partial charge in [-0.15, -0.1) is 0 Å². The van der Waals surface area contributed by atoms with E-state index in [9.17, 15) is 27.2 Å². The summed E-state index contributed by atoms with van der Waals surface area (Å²) in [4.78, 5) is 24.6. The van der Waals surface area contributed by atoms with Gasteiger partial charge in [0.05, 0.1) is 5.56 Å². The standard InChI is InChI=1S/C13H14F4N2O2/c1-7(12(21)19(2)3)18-11(20)8-4-5-10(14)9(6-8)13(15,16)17/h4-7H,1-3H3,(H,18,20). The van der Waals surface area contributed by atoms with Crippen molar-refractivity contribution < 1.29 is 27.2 Å². The van der Waals surface area contributed by atoms with Gasteiger partial charge >= 0.3 is 6.18 Å². The van der Waals surface area contributed by atoms with E-state index in [2.05, 4.69) is 5.32 Å². The van der Waals surface area contributed by atoms with Gasteiger partial charge in [-0.05, 0) is 25.1 Å². The zero-order valence-electron chi connectivity index (χ0n) is 11.6. The lowest BCUT2D eigenvalue weighted by atomic mass is 10.1. The maximum absolute atomic E-state index is 13.1. The molecule has 0 aromatic heterocycles. The molecule has 0 saturated carbocycles. The van der Waals surface area contributed by atoms with Crippen LogP contribution in [0, 0.1) is 5.82 Å². The van der Waals surface area contributed by atoms with E-state index in [1.54, 1.807) is 0 Å². The van der Waals surface area contributed by atoms with Crippen LogP contribution < -0.4 is 5.32 Å². The number of likely N-dealkylation sites (N-methyl/N-ethyl adjacent to an activating group) is 1. The minimum Gasteiger partial charge on any atom is -0.347 e. The highest BCUT2D eigenvalue weighted by atomic mass is 19.4. The number of nitrogens with zero attached hydrogens (tertiary/aromatic N) is 1. The van der Waals surface area contributed by atoms with Crippen LogP contribution in [0.3, 0.4) is 0 Å². The van der Waals surface area contributed by atoms with Crippen molar-refractivity contribution in [2.24, 2.45) is 0 Å². The third-order valence-corrected chi connectivity index (χ3v) is 2.69. The molecule has 1 rings (SSSR count). The van der Waals surface area contributed by atoms with Gasteiger partial charge in [0.1, 0.15) is 11.9 Å². The molecule has 1 atom stereocenters. The van der Waals surface area contributed by atoms with E-state index in [0.29, 0.717) is 12.1 Å². The van der Waals surface area contributed by atoms with E-state index in [4.69, 9.17) is 0 Å². The van der Waals surface area contributed by atoms with Gasteiger partial charge in [-0.3, -0.25) is 9.59 Å². The van der Waals surface area contributed by atoms with Crippen LogP contribution in [0.2, 0.25) is 0 Å². The largest absolute Gasteiger partial charge is 0.419 e. The van der Waals surface area contributed by atoms with Gasteiger partial charge in [0.2, 0.25) is 5.91 Å². The molecule has 0 saturated heterocycles. The fraction of sp³-hybridized carbons (Fsp3) is 0.385. The summed E-state index contributed by atoms with van der Waals surface area (Å²) in [7, 11) is 2.95. The van der Waals surface area contributed by atoms with Crippen molar-refractivity contribution in [1.82, 2.24) is 10.2 Å². The Morgan fingerprint density at radius 1 is 1.24 bits per heavy atom. The van der Waals surface area contributed by atoms with Gasteiger partial charge in [0, 0.05) is 19.7 Å². The minimum absolute atomic E-state index is 0.373. The van der Waals surface area contributed by atoms with E-state index >= 15 is 0 Å². The van der Waals surface area contributed by atoms with Crippen molar-refractivity contribution in [1.29, 1.82) is 0 Å². The smallest absolute Gasteiger partial charge is 0.347 e. The molecule has 0 heterocycles. The van der Waals surface area contributed by atoms with Gasteiger partial charge in [0.25, 0.3) is 5.91 Å². The zero-order valence-corrected chi connectivity index (χ0v) is 11.6. The summed E-state index contributed by atoms with van der Waals surface area (Å²) in [6.45, 7) is 1.40. The summed E-state index contributed by atoms with van der Waals surface area (Å²) < 4.78 is 50.8. The van der Waals surface area contributed by atoms with Crippen LogP contribution in [0.5, 0.6) is 0 Å². The first kappa shape index (κ1) is 16.9. The lowest BCUT2D eigenvalue weighted by molar-refractivity contribution is -0.140. The number of nitrogens with one attached hydrogen (secondary N) is 1. The Labute approximate surface area is 118 Å². The predicted molar refractivity (Wildman–Crippen MR) is 67.0 cm³/mol. The number of alkyl halides is 3. The first-order valence-electron chi connectivity index (χ1n) is 5.92. The Kier molecular flexibility index (Phi) is 4.93. The van der Waals surface area contributed by atoms with E-state index in [0.717, 1.165) is 6.07 Å². The van der Waals surface area contributed by atoms with Crippen LogP contribution in [0.4, 0.5) is 17.6 Å². The van der Waals surface area contributed by atoms with Crippen molar-refractivity contribution in [3.8, 4) is 0 Å². The fourth-order valence-corrected chi connectivity index (χ4v) is 1.61. The topological polar surface area (TPSA) is 49.4 Å². The summed E-state index contributed by atoms with van der Waals surface area (Å²) in [5.74, 6) is -2.76. The molecule has 1 aromatic carbocycles. The van der Waals surface area contributed by atoms with Crippen LogP contribution in [0.15, 0.2) is 18.2 Å². The Balaban J connectivity index is 2.97. The number of hydrogen-bond acceptors (Lipinski definition) is 2. The fourth-order valence-electron chi connectivity index (χ4n) is 1.61. The molecule has 0 fully saturated rings. The van der Waals surface area contributed by atoms with Gasteiger partial charge in [-0.2, -0.15) is 13.2 Å². The average molecular weight is 306 g/mol. The van der Waals surface area contributed by atoms with Crippen LogP contribution >= 0.6 is 0 Å². The van der Waals surface area contributed by atoms with Crippen LogP contribution in [0.25, 0.3) is 0 Å². The molecule has 4 nitrogen and oxygen atoms in total. The number of amides is 2. The molecule has 1 unspecified atom stereocenters. The third kappa shape index (κ3) is 4.17. The monoisotopic (exact) mass is 306 g/mol. The van der Waals surface area contributed by atoms with E-state index in [1.807, 2.05) is 0 Å². The Morgan fingerprint density at radius 2 is 1.81 bits per heavy atom. The Bertz CT molecular complexity index is 556. The molecule has 0 spiro atoms. The Morgan fingerprint density at radius 3 is 2.29 bits per heavy atom. The van der Waals surface area contributed by atoms with Crippen molar-refractivity contribution >= 4 is 11.8 Å². The number of carbonyl (C=O) groups excluding carboxylic acids is 2. The summed E-state index contributed by atoms with van der Waals surface area (Å²) in [5, 5.41) is 2.26. The highest BCUT2D eigenvalue weighted by molar-refractivity contribution is 5.97. The van der Waals surface area contributed by atoms with Crippen molar-refractivity contribution in [2.75, 3.05) is 14.1 Å². The van der Waals surface area contributed by atoms with Gasteiger partial charge < -0.3 is 10.2 Å². The number of rotatable bonds is 3. The number of hydrogen-bond donors (Lipinski definition) is 1. The molecule has 0 bridgehead atoms. The second-order valence-corrected chi connectivity index (χ2v) is 4.62. The van der Waals surface area contributed by atoms with Gasteiger partial charge in [-0.25, -0.2) is 4.39 Å². The molecule has 1 aromatic rings. The molecule has 0 radical (unpaired) electrons. The summed E-state index contributed by atoms with van der Waals surface area (Å²) in [6.07, 6.45) is -4.90. The summed E-state index contributed by atoms with van der Waals surface area (Å²) >= 11 is 0. The van der Waals surface area contributed by atoms with Crippen molar-refractivity contribution in [2.45, 2.75) is 19.1 Å². The van der Waals surface area contributed by atoms with Crippen LogP contribution in [-0.4, -0.2) is 36.9 Å². The Hall–Kier alpha value is -2.12. The normalized spacial score (nSPS) is 12.7. The van der Waals surface area contributed by atoms with E-state index in [-0.39, 0.29) is 5.56 Å². The lowest BCUT2D eigenvalue weighted by Gasteiger charge is -2.18. The maximum atomic E-state index is 13.1. The highest BCUT2D eigenvalue weighted by Gasteiger charge is 2.34. The van der Waals surface area contributed by atoms with Crippen molar-refractivity contribution in [3.63, 3.8) is 0 Å². The molecule has 116 valence electrons. The van der Waals surface area contributed by atoms with Crippen molar-refractivity contribution in [3.05, 3.63) is 35.1 Å². The molecule has 0 aliphatic heterocycles. The second-order valence-electron chi connectivity index (χ2n) is 4.62. The lowest BCUT2D eigenvalue weighted by Crippen LogP contribution is -2.44. The van der Waals surface area contributed by atoms with Crippen LogP contribution in [0.1, 0.15) is 22.8 Å². The summed E-state index contributed by atoms with van der Waals surface area (Å²) in [5.41, 5.74) is -1.90. The molecule has 2 amide bonds. The molecule has 0 aliphatic rings. The van der Waals surface area contributed by atoms with Crippen LogP contribution in [-0.2, 0) is 11.0 Å². The van der Waals surface area contributed by atoms with E-state index in [1.165, 1.54) is 25.9 Å². The van der Waals surface area contributed by atoms with E-state index < -0.39 is 35.4 Å². The maximum Gasteiger partial charge on any atom is 0.419 e. The number of benzene rings is 1. The molecular weight excluding hydrogens is 292 g/mol. The number of halogens is 4. The average Bonchev–Trinajstić information content (AvgIpc) is 2.36. The van der Waals surface area contributed by atoms with Gasteiger partial charge in [0.15, 0.2) is 0 Å². The summed E-state index contributed by atoms with van der Waals surface area (Å²) in [6, 6.07) is 0.993. The molecule has 0 aliphatic carbocycles. The molecule has 1 N–H and O–H groups in total. The minimum atomic E-state index is -4.90. The molecule has 21 heavy (non-hydrogen) atoms. The third-order valence-electron chi connectivity index (χ3n) is 2.69. The molecular formula is C13H14F4N2O2.